The van der Waals surface area contributed by atoms with Crippen LogP contribution < -0.4 is 5.73 Å². The van der Waals surface area contributed by atoms with Gasteiger partial charge in [-0.3, -0.25) is 4.98 Å². The van der Waals surface area contributed by atoms with Gasteiger partial charge in [-0.2, -0.15) is 9.97 Å². The molecule has 2 aromatic heterocycles. The molecular weight excluding hydrogens is 214 g/mol. The van der Waals surface area contributed by atoms with Crippen molar-refractivity contribution in [3.63, 3.8) is 0 Å². The van der Waals surface area contributed by atoms with E-state index in [1.54, 1.807) is 12.4 Å². The van der Waals surface area contributed by atoms with Crippen molar-refractivity contribution >= 4 is 5.95 Å². The molecule has 1 fully saturated rings. The van der Waals surface area contributed by atoms with E-state index >= 15 is 0 Å². The minimum absolute atomic E-state index is 0.325. The fourth-order valence-corrected chi connectivity index (χ4v) is 1.74. The molecule has 0 atom stereocenters. The van der Waals surface area contributed by atoms with E-state index in [2.05, 4.69) is 19.9 Å². The third kappa shape index (κ3) is 2.38. The molecule has 17 heavy (non-hydrogen) atoms. The fraction of sp³-hybridized carbons (Fsp3) is 0.333. The highest BCUT2D eigenvalue weighted by Gasteiger charge is 2.27. The van der Waals surface area contributed by atoms with Crippen molar-refractivity contribution in [1.82, 2.24) is 19.9 Å². The lowest BCUT2D eigenvalue weighted by molar-refractivity contribution is 0.838. The summed E-state index contributed by atoms with van der Waals surface area (Å²) in [7, 11) is 0. The first-order valence-electron chi connectivity index (χ1n) is 5.70. The van der Waals surface area contributed by atoms with E-state index in [0.717, 1.165) is 30.1 Å². The van der Waals surface area contributed by atoms with Gasteiger partial charge in [0.05, 0.1) is 0 Å². The lowest BCUT2D eigenvalue weighted by Crippen LogP contribution is -2.07. The summed E-state index contributed by atoms with van der Waals surface area (Å²) in [5.41, 5.74) is 6.84. The van der Waals surface area contributed by atoms with Gasteiger partial charge in [-0.05, 0) is 30.5 Å². The molecule has 5 nitrogen and oxygen atoms in total. The van der Waals surface area contributed by atoms with Gasteiger partial charge in [-0.25, -0.2) is 4.98 Å². The number of aromatic nitrogens is 4. The molecule has 3 rings (SSSR count). The van der Waals surface area contributed by atoms with Crippen molar-refractivity contribution in [2.45, 2.75) is 25.2 Å². The first-order valence-corrected chi connectivity index (χ1v) is 5.70. The Balaban J connectivity index is 1.87. The highest BCUT2D eigenvalue weighted by atomic mass is 15.1. The van der Waals surface area contributed by atoms with Crippen LogP contribution in [0.4, 0.5) is 5.95 Å². The van der Waals surface area contributed by atoms with Gasteiger partial charge >= 0.3 is 0 Å². The Labute approximate surface area is 99.2 Å². The summed E-state index contributed by atoms with van der Waals surface area (Å²) in [5.74, 6) is 2.41. The molecule has 2 aromatic rings. The number of nitrogens with two attached hydrogens (primary N) is 1. The standard InChI is InChI=1S/C12H13N5/c13-12-16-10(7-8-3-5-14-6-4-8)15-11(17-12)9-1-2-9/h3-6,9H,1-2,7H2,(H2,13,15,16,17). The average Bonchev–Trinajstić information content (AvgIpc) is 3.13. The maximum absolute atomic E-state index is 5.70. The molecule has 86 valence electrons. The van der Waals surface area contributed by atoms with Crippen LogP contribution in [0.2, 0.25) is 0 Å². The number of nitrogen functional groups attached to an aromatic ring is 1. The number of pyridine rings is 1. The second kappa shape index (κ2) is 4.08. The third-order valence-corrected chi connectivity index (χ3v) is 2.77. The lowest BCUT2D eigenvalue weighted by atomic mass is 10.2. The molecule has 1 aliphatic rings. The number of anilines is 1. The van der Waals surface area contributed by atoms with Crippen LogP contribution in [0.1, 0.15) is 36.0 Å². The molecule has 2 N–H and O–H groups in total. The molecular formula is C12H13N5. The van der Waals surface area contributed by atoms with Crippen LogP contribution >= 0.6 is 0 Å². The second-order valence-corrected chi connectivity index (χ2v) is 4.27. The zero-order valence-electron chi connectivity index (χ0n) is 9.37. The van der Waals surface area contributed by atoms with Gasteiger partial charge in [0.1, 0.15) is 11.6 Å². The van der Waals surface area contributed by atoms with E-state index < -0.39 is 0 Å². The first-order chi connectivity index (χ1) is 8.31. The normalized spacial score (nSPS) is 14.8. The zero-order valence-corrected chi connectivity index (χ0v) is 9.37. The van der Waals surface area contributed by atoms with Crippen molar-refractivity contribution in [3.8, 4) is 0 Å². The molecule has 0 amide bonds. The predicted octanol–water partition coefficient (Wildman–Crippen LogP) is 1.32. The second-order valence-electron chi connectivity index (χ2n) is 4.27. The summed E-state index contributed by atoms with van der Waals surface area (Å²) in [6.07, 6.45) is 6.54. The Morgan fingerprint density at radius 1 is 1.12 bits per heavy atom. The highest BCUT2D eigenvalue weighted by Crippen LogP contribution is 2.38. The van der Waals surface area contributed by atoms with Gasteiger partial charge in [-0.15, -0.1) is 0 Å². The van der Waals surface area contributed by atoms with Gasteiger partial charge in [-0.1, -0.05) is 0 Å². The van der Waals surface area contributed by atoms with Crippen molar-refractivity contribution in [2.75, 3.05) is 5.73 Å². The maximum Gasteiger partial charge on any atom is 0.223 e. The van der Waals surface area contributed by atoms with Crippen LogP contribution in [0.25, 0.3) is 0 Å². The monoisotopic (exact) mass is 227 g/mol. The summed E-state index contributed by atoms with van der Waals surface area (Å²) in [4.78, 5) is 16.8. The number of rotatable bonds is 3. The van der Waals surface area contributed by atoms with E-state index in [1.165, 1.54) is 0 Å². The molecule has 0 radical (unpaired) electrons. The lowest BCUT2D eigenvalue weighted by Gasteiger charge is -2.03. The molecule has 1 aliphatic carbocycles. The molecule has 0 bridgehead atoms. The zero-order chi connectivity index (χ0) is 11.7. The van der Waals surface area contributed by atoms with Crippen molar-refractivity contribution in [3.05, 3.63) is 41.7 Å². The summed E-state index contributed by atoms with van der Waals surface area (Å²) < 4.78 is 0. The molecule has 5 heteroatoms. The van der Waals surface area contributed by atoms with E-state index in [4.69, 9.17) is 5.73 Å². The molecule has 2 heterocycles. The van der Waals surface area contributed by atoms with Gasteiger partial charge < -0.3 is 5.73 Å². The maximum atomic E-state index is 5.70. The van der Waals surface area contributed by atoms with E-state index in [-0.39, 0.29) is 0 Å². The van der Waals surface area contributed by atoms with Gasteiger partial charge in [0.15, 0.2) is 0 Å². The molecule has 1 saturated carbocycles. The van der Waals surface area contributed by atoms with E-state index in [0.29, 0.717) is 18.3 Å². The SMILES string of the molecule is Nc1nc(Cc2ccncc2)nc(C2CC2)n1. The molecule has 0 spiro atoms. The molecule has 0 unspecified atom stereocenters. The van der Waals surface area contributed by atoms with Crippen LogP contribution in [0.15, 0.2) is 24.5 Å². The van der Waals surface area contributed by atoms with Gasteiger partial charge in [0, 0.05) is 24.7 Å². The van der Waals surface area contributed by atoms with Crippen molar-refractivity contribution < 1.29 is 0 Å². The average molecular weight is 227 g/mol. The number of nitrogens with zero attached hydrogens (tertiary/aromatic N) is 4. The fourth-order valence-electron chi connectivity index (χ4n) is 1.74. The quantitative estimate of drug-likeness (QED) is 0.855. The smallest absolute Gasteiger partial charge is 0.223 e. The van der Waals surface area contributed by atoms with Crippen LogP contribution in [-0.2, 0) is 6.42 Å². The summed E-state index contributed by atoms with van der Waals surface area (Å²) in [6, 6.07) is 3.91. The molecule has 0 saturated heterocycles. The van der Waals surface area contributed by atoms with E-state index in [1.807, 2.05) is 12.1 Å². The Morgan fingerprint density at radius 3 is 2.59 bits per heavy atom. The van der Waals surface area contributed by atoms with Crippen molar-refractivity contribution in [2.24, 2.45) is 0 Å². The largest absolute Gasteiger partial charge is 0.368 e. The third-order valence-electron chi connectivity index (χ3n) is 2.77. The molecule has 0 aliphatic heterocycles. The van der Waals surface area contributed by atoms with E-state index in [9.17, 15) is 0 Å². The minimum atomic E-state index is 0.325. The Bertz CT molecular complexity index is 522. The van der Waals surface area contributed by atoms with Crippen LogP contribution in [0, 0.1) is 0 Å². The van der Waals surface area contributed by atoms with Gasteiger partial charge in [0.2, 0.25) is 5.95 Å². The van der Waals surface area contributed by atoms with Crippen LogP contribution in [0.3, 0.4) is 0 Å². The first kappa shape index (κ1) is 10.1. The van der Waals surface area contributed by atoms with Gasteiger partial charge in [0.25, 0.3) is 0 Å². The minimum Gasteiger partial charge on any atom is -0.368 e. The van der Waals surface area contributed by atoms with Crippen LogP contribution in [-0.4, -0.2) is 19.9 Å². The summed E-state index contributed by atoms with van der Waals surface area (Å²) in [5, 5.41) is 0. The Kier molecular flexibility index (Phi) is 2.44. The van der Waals surface area contributed by atoms with Crippen LogP contribution in [0.5, 0.6) is 0 Å². The molecule has 0 aromatic carbocycles. The summed E-state index contributed by atoms with van der Waals surface area (Å²) in [6.45, 7) is 0. The Hall–Kier alpha value is -2.04. The number of hydrogen-bond acceptors (Lipinski definition) is 5. The number of hydrogen-bond donors (Lipinski definition) is 1. The summed E-state index contributed by atoms with van der Waals surface area (Å²) >= 11 is 0. The predicted molar refractivity (Wildman–Crippen MR) is 63.3 cm³/mol. The topological polar surface area (TPSA) is 77.6 Å². The Morgan fingerprint density at radius 2 is 1.88 bits per heavy atom. The highest BCUT2D eigenvalue weighted by molar-refractivity contribution is 5.23. The van der Waals surface area contributed by atoms with Crippen molar-refractivity contribution in [1.29, 1.82) is 0 Å².